The molecule has 0 radical (unpaired) electrons. The number of hydrogen-bond acceptors (Lipinski definition) is 8. The number of hydrogen-bond donors (Lipinski definition) is 3. The Labute approximate surface area is 161 Å². The molecule has 1 aliphatic rings. The van der Waals surface area contributed by atoms with Gasteiger partial charge in [-0.1, -0.05) is 6.08 Å². The van der Waals surface area contributed by atoms with Gasteiger partial charge in [-0.15, -0.1) is 0 Å². The quantitative estimate of drug-likeness (QED) is 0.376. The first kappa shape index (κ1) is 19.7. The van der Waals surface area contributed by atoms with Gasteiger partial charge in [-0.2, -0.15) is 0 Å². The standard InChI is InChI=1S/C20H20O8/c1-25-15-7-11(4-3-5-21)6-13(23)18(15)19-14(24)8-12(9-16(19)26-2)20-17(10-22)27-28-20/h3-9,17,20,22-24H,10H2,1-2H3/b4-3+/t17-,20+/m0/s1. The smallest absolute Gasteiger partial charge is 0.150 e. The Hall–Kier alpha value is -3.07. The minimum absolute atomic E-state index is 0.164. The molecule has 148 valence electrons. The van der Waals surface area contributed by atoms with Crippen molar-refractivity contribution in [2.75, 3.05) is 20.8 Å². The molecule has 0 aliphatic carbocycles. The zero-order valence-corrected chi connectivity index (χ0v) is 15.3. The number of phenolic OH excluding ortho intramolecular Hbond substituents is 2. The Morgan fingerprint density at radius 1 is 1.00 bits per heavy atom. The zero-order valence-electron chi connectivity index (χ0n) is 15.3. The summed E-state index contributed by atoms with van der Waals surface area (Å²) in [4.78, 5) is 20.3. The summed E-state index contributed by atoms with van der Waals surface area (Å²) in [5, 5.41) is 30.5. The van der Waals surface area contributed by atoms with Crippen LogP contribution in [0.5, 0.6) is 23.0 Å². The van der Waals surface area contributed by atoms with E-state index in [1.165, 1.54) is 38.5 Å². The molecule has 2 aromatic rings. The van der Waals surface area contributed by atoms with E-state index in [1.54, 1.807) is 12.1 Å². The number of aliphatic hydroxyl groups excluding tert-OH is 1. The number of carbonyl (C=O) groups excluding carboxylic acids is 1. The number of aromatic hydroxyl groups is 2. The molecule has 3 N–H and O–H groups in total. The highest BCUT2D eigenvalue weighted by atomic mass is 17.2. The second-order valence-electron chi connectivity index (χ2n) is 6.06. The lowest BCUT2D eigenvalue weighted by Crippen LogP contribution is -2.38. The maximum atomic E-state index is 10.7. The first-order valence-corrected chi connectivity index (χ1v) is 8.41. The van der Waals surface area contributed by atoms with Crippen LogP contribution >= 0.6 is 0 Å². The Kier molecular flexibility index (Phi) is 5.84. The highest BCUT2D eigenvalue weighted by Crippen LogP contribution is 2.49. The Bertz CT molecular complexity index is 904. The summed E-state index contributed by atoms with van der Waals surface area (Å²) in [5.41, 5.74) is 1.56. The summed E-state index contributed by atoms with van der Waals surface area (Å²) < 4.78 is 10.8. The fourth-order valence-corrected chi connectivity index (χ4v) is 3.06. The van der Waals surface area contributed by atoms with Gasteiger partial charge in [0.1, 0.15) is 41.5 Å². The van der Waals surface area contributed by atoms with Crippen LogP contribution in [0.1, 0.15) is 17.2 Å². The van der Waals surface area contributed by atoms with Crippen molar-refractivity contribution in [2.24, 2.45) is 0 Å². The zero-order chi connectivity index (χ0) is 20.3. The number of ether oxygens (including phenoxy) is 2. The van der Waals surface area contributed by atoms with Crippen molar-refractivity contribution in [2.45, 2.75) is 12.2 Å². The van der Waals surface area contributed by atoms with Gasteiger partial charge in [0.15, 0.2) is 0 Å². The third kappa shape index (κ3) is 3.53. The van der Waals surface area contributed by atoms with E-state index in [9.17, 15) is 20.1 Å². The molecule has 2 atom stereocenters. The van der Waals surface area contributed by atoms with Gasteiger partial charge in [0.2, 0.25) is 0 Å². The monoisotopic (exact) mass is 388 g/mol. The molecule has 1 saturated heterocycles. The van der Waals surface area contributed by atoms with Gasteiger partial charge < -0.3 is 24.8 Å². The fraction of sp³-hybridized carbons (Fsp3) is 0.250. The molecule has 1 fully saturated rings. The summed E-state index contributed by atoms with van der Waals surface area (Å²) in [6.45, 7) is -0.236. The number of aldehydes is 1. The molecule has 8 nitrogen and oxygen atoms in total. The molecule has 3 rings (SSSR count). The molecule has 0 saturated carbocycles. The maximum Gasteiger partial charge on any atom is 0.150 e. The van der Waals surface area contributed by atoms with Crippen LogP contribution in [0, 0.1) is 0 Å². The topological polar surface area (TPSA) is 115 Å². The first-order valence-electron chi connectivity index (χ1n) is 8.41. The predicted molar refractivity (Wildman–Crippen MR) is 99.2 cm³/mol. The lowest BCUT2D eigenvalue weighted by Gasteiger charge is -2.34. The van der Waals surface area contributed by atoms with Gasteiger partial charge in [0, 0.05) is 0 Å². The van der Waals surface area contributed by atoms with Crippen LogP contribution in [-0.4, -0.2) is 48.5 Å². The van der Waals surface area contributed by atoms with E-state index in [0.29, 0.717) is 17.4 Å². The number of methoxy groups -OCH3 is 2. The molecule has 1 heterocycles. The molecular formula is C20H20O8. The van der Waals surface area contributed by atoms with E-state index in [-0.39, 0.29) is 40.7 Å². The lowest BCUT2D eigenvalue weighted by molar-refractivity contribution is -0.473. The van der Waals surface area contributed by atoms with Crippen LogP contribution < -0.4 is 9.47 Å². The second kappa shape index (κ2) is 8.30. The molecule has 0 spiro atoms. The number of benzene rings is 2. The molecule has 28 heavy (non-hydrogen) atoms. The SMILES string of the molecule is COc1cc(/C=C/C=O)cc(O)c1-c1c(O)cc([C@H]2OO[C@H]2CO)cc1OC. The minimum Gasteiger partial charge on any atom is -0.507 e. The summed E-state index contributed by atoms with van der Waals surface area (Å²) in [6.07, 6.45) is 2.34. The summed E-state index contributed by atoms with van der Waals surface area (Å²) >= 11 is 0. The first-order chi connectivity index (χ1) is 13.5. The predicted octanol–water partition coefficient (Wildman–Crippen LogP) is 2.36. The van der Waals surface area contributed by atoms with Crippen LogP contribution in [0.25, 0.3) is 17.2 Å². The molecule has 0 bridgehead atoms. The average Bonchev–Trinajstić information content (AvgIpc) is 2.65. The minimum atomic E-state index is -0.551. The Morgan fingerprint density at radius 2 is 1.64 bits per heavy atom. The van der Waals surface area contributed by atoms with Crippen molar-refractivity contribution < 1.29 is 39.4 Å². The van der Waals surface area contributed by atoms with Crippen molar-refractivity contribution in [1.29, 1.82) is 0 Å². The second-order valence-corrected chi connectivity index (χ2v) is 6.06. The highest BCUT2D eigenvalue weighted by molar-refractivity contribution is 5.87. The fourth-order valence-electron chi connectivity index (χ4n) is 3.06. The van der Waals surface area contributed by atoms with E-state index in [1.807, 2.05) is 0 Å². The van der Waals surface area contributed by atoms with Gasteiger partial charge in [-0.05, 0) is 41.5 Å². The lowest BCUT2D eigenvalue weighted by atomic mass is 9.95. The number of carbonyl (C=O) groups is 1. The third-order valence-electron chi connectivity index (χ3n) is 4.39. The molecule has 0 unspecified atom stereocenters. The Morgan fingerprint density at radius 3 is 2.18 bits per heavy atom. The van der Waals surface area contributed by atoms with Gasteiger partial charge >= 0.3 is 0 Å². The van der Waals surface area contributed by atoms with E-state index in [2.05, 4.69) is 0 Å². The molecule has 1 aliphatic heterocycles. The molecule has 0 aromatic heterocycles. The van der Waals surface area contributed by atoms with Gasteiger partial charge in [-0.3, -0.25) is 4.79 Å². The van der Waals surface area contributed by atoms with Gasteiger partial charge in [-0.25, -0.2) is 9.78 Å². The molecule has 0 amide bonds. The van der Waals surface area contributed by atoms with Gasteiger partial charge in [0.05, 0.1) is 32.0 Å². The maximum absolute atomic E-state index is 10.7. The number of allylic oxidation sites excluding steroid dienone is 1. The van der Waals surface area contributed by atoms with Crippen LogP contribution in [0.15, 0.2) is 30.3 Å². The van der Waals surface area contributed by atoms with E-state index >= 15 is 0 Å². The van der Waals surface area contributed by atoms with Crippen molar-refractivity contribution in [3.05, 3.63) is 41.5 Å². The van der Waals surface area contributed by atoms with E-state index in [4.69, 9.17) is 19.2 Å². The van der Waals surface area contributed by atoms with Crippen molar-refractivity contribution >= 4 is 12.4 Å². The van der Waals surface area contributed by atoms with E-state index in [0.717, 1.165) is 0 Å². The van der Waals surface area contributed by atoms with Crippen molar-refractivity contribution in [1.82, 2.24) is 0 Å². The summed E-state index contributed by atoms with van der Waals surface area (Å²) in [6, 6.07) is 6.14. The van der Waals surface area contributed by atoms with Gasteiger partial charge in [0.25, 0.3) is 0 Å². The van der Waals surface area contributed by atoms with Crippen molar-refractivity contribution in [3.8, 4) is 34.1 Å². The Balaban J connectivity index is 2.13. The van der Waals surface area contributed by atoms with Crippen LogP contribution in [0.3, 0.4) is 0 Å². The van der Waals surface area contributed by atoms with E-state index < -0.39 is 12.2 Å². The van der Waals surface area contributed by atoms with Crippen LogP contribution in [0.4, 0.5) is 0 Å². The van der Waals surface area contributed by atoms with Crippen LogP contribution in [-0.2, 0) is 14.6 Å². The molecule has 2 aromatic carbocycles. The number of phenols is 2. The van der Waals surface area contributed by atoms with Crippen molar-refractivity contribution in [3.63, 3.8) is 0 Å². The number of aliphatic hydroxyl groups is 1. The molecule has 8 heteroatoms. The number of rotatable bonds is 7. The summed E-state index contributed by atoms with van der Waals surface area (Å²) in [5.74, 6) is 0.212. The van der Waals surface area contributed by atoms with Crippen LogP contribution in [0.2, 0.25) is 0 Å². The average molecular weight is 388 g/mol. The highest BCUT2D eigenvalue weighted by Gasteiger charge is 2.37. The summed E-state index contributed by atoms with van der Waals surface area (Å²) in [7, 11) is 2.85. The molecular weight excluding hydrogens is 368 g/mol. The normalized spacial score (nSPS) is 18.7. The third-order valence-corrected chi connectivity index (χ3v) is 4.39. The largest absolute Gasteiger partial charge is 0.507 e.